The van der Waals surface area contributed by atoms with Crippen molar-refractivity contribution in [1.82, 2.24) is 0 Å². The molecule has 1 heterocycles. The SMILES string of the molecule is Cc1ccc(C#CCCO)cc1NC(=O)c1sccc1C. The molecule has 0 aliphatic heterocycles. The van der Waals surface area contributed by atoms with E-state index in [1.165, 1.54) is 11.3 Å². The fourth-order valence-electron chi connectivity index (χ4n) is 1.84. The van der Waals surface area contributed by atoms with Crippen LogP contribution in [0.25, 0.3) is 0 Å². The van der Waals surface area contributed by atoms with Gasteiger partial charge in [-0.3, -0.25) is 4.79 Å². The van der Waals surface area contributed by atoms with Crippen molar-refractivity contribution < 1.29 is 9.90 Å². The summed E-state index contributed by atoms with van der Waals surface area (Å²) in [6.45, 7) is 3.93. The summed E-state index contributed by atoms with van der Waals surface area (Å²) in [5.41, 5.74) is 3.56. The number of thiophene rings is 1. The summed E-state index contributed by atoms with van der Waals surface area (Å²) in [7, 11) is 0. The minimum atomic E-state index is -0.0916. The van der Waals surface area contributed by atoms with Gasteiger partial charge in [0.15, 0.2) is 0 Å². The molecule has 0 saturated heterocycles. The van der Waals surface area contributed by atoms with Crippen LogP contribution in [0.15, 0.2) is 29.6 Å². The van der Waals surface area contributed by atoms with Crippen molar-refractivity contribution in [2.24, 2.45) is 0 Å². The van der Waals surface area contributed by atoms with E-state index in [-0.39, 0.29) is 12.5 Å². The predicted octanol–water partition coefficient (Wildman–Crippen LogP) is 3.35. The van der Waals surface area contributed by atoms with Crippen LogP contribution in [0.3, 0.4) is 0 Å². The molecule has 2 aromatic rings. The first-order valence-electron chi connectivity index (χ1n) is 6.67. The second-order valence-corrected chi connectivity index (χ2v) is 5.61. The third-order valence-electron chi connectivity index (χ3n) is 3.02. The van der Waals surface area contributed by atoms with Crippen molar-refractivity contribution in [1.29, 1.82) is 0 Å². The predicted molar refractivity (Wildman–Crippen MR) is 86.8 cm³/mol. The first kappa shape index (κ1) is 15.3. The maximum atomic E-state index is 12.3. The zero-order chi connectivity index (χ0) is 15.2. The number of hydrogen-bond acceptors (Lipinski definition) is 3. The van der Waals surface area contributed by atoms with Crippen LogP contribution in [-0.4, -0.2) is 17.6 Å². The monoisotopic (exact) mass is 299 g/mol. The van der Waals surface area contributed by atoms with Gasteiger partial charge in [-0.1, -0.05) is 17.9 Å². The molecule has 0 aliphatic carbocycles. The standard InChI is InChI=1S/C17H17NO2S/c1-12-6-7-14(5-3-4-9-19)11-15(12)18-17(20)16-13(2)8-10-21-16/h6-8,10-11,19H,4,9H2,1-2H3,(H,18,20). The van der Waals surface area contributed by atoms with E-state index in [1.807, 2.05) is 43.5 Å². The van der Waals surface area contributed by atoms with E-state index in [4.69, 9.17) is 5.11 Å². The quantitative estimate of drug-likeness (QED) is 0.854. The molecule has 0 atom stereocenters. The van der Waals surface area contributed by atoms with E-state index in [2.05, 4.69) is 17.2 Å². The highest BCUT2D eigenvalue weighted by Gasteiger charge is 2.11. The van der Waals surface area contributed by atoms with E-state index in [1.54, 1.807) is 0 Å². The van der Waals surface area contributed by atoms with Crippen LogP contribution < -0.4 is 5.32 Å². The van der Waals surface area contributed by atoms with Gasteiger partial charge in [-0.2, -0.15) is 0 Å². The number of rotatable bonds is 3. The van der Waals surface area contributed by atoms with Gasteiger partial charge in [0.1, 0.15) is 0 Å². The maximum absolute atomic E-state index is 12.3. The van der Waals surface area contributed by atoms with Crippen LogP contribution in [0.4, 0.5) is 5.69 Å². The van der Waals surface area contributed by atoms with Gasteiger partial charge in [0, 0.05) is 17.7 Å². The van der Waals surface area contributed by atoms with Gasteiger partial charge in [0.2, 0.25) is 0 Å². The molecule has 0 aliphatic rings. The highest BCUT2D eigenvalue weighted by Crippen LogP contribution is 2.21. The largest absolute Gasteiger partial charge is 0.395 e. The number of aryl methyl sites for hydroxylation is 2. The van der Waals surface area contributed by atoms with Crippen molar-refractivity contribution in [3.05, 3.63) is 51.2 Å². The van der Waals surface area contributed by atoms with Crippen molar-refractivity contribution in [3.63, 3.8) is 0 Å². The number of anilines is 1. The van der Waals surface area contributed by atoms with Crippen LogP contribution in [0.5, 0.6) is 0 Å². The third-order valence-corrected chi connectivity index (χ3v) is 4.04. The second-order valence-electron chi connectivity index (χ2n) is 4.69. The van der Waals surface area contributed by atoms with Crippen LogP contribution in [0, 0.1) is 25.7 Å². The second kappa shape index (κ2) is 7.07. The molecule has 1 aromatic heterocycles. The van der Waals surface area contributed by atoms with E-state index >= 15 is 0 Å². The lowest BCUT2D eigenvalue weighted by Crippen LogP contribution is -2.12. The van der Waals surface area contributed by atoms with Crippen LogP contribution >= 0.6 is 11.3 Å². The number of aliphatic hydroxyl groups is 1. The molecule has 4 heteroatoms. The number of amides is 1. The van der Waals surface area contributed by atoms with Gasteiger partial charge in [0.05, 0.1) is 11.5 Å². The molecule has 1 amide bonds. The lowest BCUT2D eigenvalue weighted by atomic mass is 10.1. The molecule has 2 N–H and O–H groups in total. The van der Waals surface area contributed by atoms with Crippen LogP contribution in [-0.2, 0) is 0 Å². The first-order chi connectivity index (χ1) is 10.1. The number of aliphatic hydroxyl groups excluding tert-OH is 1. The van der Waals surface area contributed by atoms with E-state index < -0.39 is 0 Å². The van der Waals surface area contributed by atoms with Crippen LogP contribution in [0.1, 0.15) is 32.8 Å². The number of nitrogens with one attached hydrogen (secondary N) is 1. The van der Waals surface area contributed by atoms with Gasteiger partial charge < -0.3 is 10.4 Å². The fourth-order valence-corrected chi connectivity index (χ4v) is 2.66. The minimum Gasteiger partial charge on any atom is -0.395 e. The summed E-state index contributed by atoms with van der Waals surface area (Å²) in [5.74, 6) is 5.76. The van der Waals surface area contributed by atoms with E-state index in [0.29, 0.717) is 6.42 Å². The lowest BCUT2D eigenvalue weighted by molar-refractivity contribution is 0.103. The lowest BCUT2D eigenvalue weighted by Gasteiger charge is -2.08. The average molecular weight is 299 g/mol. The van der Waals surface area contributed by atoms with Gasteiger partial charge in [0.25, 0.3) is 5.91 Å². The summed E-state index contributed by atoms with van der Waals surface area (Å²) in [5, 5.41) is 13.6. The Hall–Kier alpha value is -2.09. The fraction of sp³-hybridized carbons (Fsp3) is 0.235. The molecule has 3 nitrogen and oxygen atoms in total. The molecule has 0 spiro atoms. The van der Waals surface area contributed by atoms with Gasteiger partial charge in [-0.25, -0.2) is 0 Å². The Morgan fingerprint density at radius 3 is 2.76 bits per heavy atom. The molecule has 108 valence electrons. The number of hydrogen-bond donors (Lipinski definition) is 2. The highest BCUT2D eigenvalue weighted by atomic mass is 32.1. The van der Waals surface area contributed by atoms with Crippen molar-refractivity contribution in [2.75, 3.05) is 11.9 Å². The Kier molecular flexibility index (Phi) is 5.15. The van der Waals surface area contributed by atoms with Gasteiger partial charge in [-0.05, 0) is 48.6 Å². The summed E-state index contributed by atoms with van der Waals surface area (Å²) in [4.78, 5) is 13.0. The third kappa shape index (κ3) is 3.94. The highest BCUT2D eigenvalue weighted by molar-refractivity contribution is 7.12. The molecule has 1 aromatic carbocycles. The Bertz CT molecular complexity index is 707. The van der Waals surface area contributed by atoms with Crippen molar-refractivity contribution >= 4 is 22.9 Å². The summed E-state index contributed by atoms with van der Waals surface area (Å²) in [6, 6.07) is 7.63. The van der Waals surface area contributed by atoms with Crippen molar-refractivity contribution in [2.45, 2.75) is 20.3 Å². The maximum Gasteiger partial charge on any atom is 0.266 e. The Morgan fingerprint density at radius 2 is 2.10 bits per heavy atom. The average Bonchev–Trinajstić information content (AvgIpc) is 2.89. The zero-order valence-corrected chi connectivity index (χ0v) is 12.9. The molecule has 0 saturated carbocycles. The Morgan fingerprint density at radius 1 is 1.29 bits per heavy atom. The molecule has 0 bridgehead atoms. The zero-order valence-electron chi connectivity index (χ0n) is 12.1. The summed E-state index contributed by atoms with van der Waals surface area (Å²) >= 11 is 1.44. The molecule has 0 fully saturated rings. The molecule has 21 heavy (non-hydrogen) atoms. The Labute approximate surface area is 128 Å². The van der Waals surface area contributed by atoms with Gasteiger partial charge >= 0.3 is 0 Å². The van der Waals surface area contributed by atoms with E-state index in [0.717, 1.165) is 27.3 Å². The minimum absolute atomic E-state index is 0.0557. The van der Waals surface area contributed by atoms with Gasteiger partial charge in [-0.15, -0.1) is 11.3 Å². The summed E-state index contributed by atoms with van der Waals surface area (Å²) < 4.78 is 0. The van der Waals surface area contributed by atoms with E-state index in [9.17, 15) is 4.79 Å². The number of carbonyl (C=O) groups is 1. The Balaban J connectivity index is 2.20. The summed E-state index contributed by atoms with van der Waals surface area (Å²) in [6.07, 6.45) is 0.448. The topological polar surface area (TPSA) is 49.3 Å². The smallest absolute Gasteiger partial charge is 0.266 e. The molecular formula is C17H17NO2S. The van der Waals surface area contributed by atoms with Crippen molar-refractivity contribution in [3.8, 4) is 11.8 Å². The normalized spacial score (nSPS) is 9.86. The molecule has 0 unspecified atom stereocenters. The molecule has 2 rings (SSSR count). The number of carbonyl (C=O) groups excluding carboxylic acids is 1. The molecule has 0 radical (unpaired) electrons. The molecular weight excluding hydrogens is 282 g/mol. The van der Waals surface area contributed by atoms with Crippen LogP contribution in [0.2, 0.25) is 0 Å². The first-order valence-corrected chi connectivity index (χ1v) is 7.55. The number of benzene rings is 1.